The molecular weight excluding hydrogens is 312 g/mol. The molecule has 1 aliphatic rings. The number of rotatable bonds is 5. The second kappa shape index (κ2) is 6.87. The van der Waals surface area contributed by atoms with Gasteiger partial charge < -0.3 is 0 Å². The van der Waals surface area contributed by atoms with Crippen molar-refractivity contribution in [3.05, 3.63) is 34.9 Å². The smallest absolute Gasteiger partial charge is 0.218 e. The van der Waals surface area contributed by atoms with E-state index in [2.05, 4.69) is 0 Å². The van der Waals surface area contributed by atoms with Crippen LogP contribution in [0.1, 0.15) is 12.5 Å². The maximum atomic E-state index is 12.4. The van der Waals surface area contributed by atoms with Crippen LogP contribution >= 0.6 is 11.6 Å². The maximum absolute atomic E-state index is 12.4. The average Bonchev–Trinajstić information content (AvgIpc) is 2.41. The third kappa shape index (κ3) is 4.51. The molecular formula is C14H19ClN2O3S. The first-order valence-electron chi connectivity index (χ1n) is 6.81. The van der Waals surface area contributed by atoms with Gasteiger partial charge in [-0.15, -0.1) is 0 Å². The molecule has 0 spiro atoms. The molecule has 1 saturated heterocycles. The number of benzene rings is 1. The van der Waals surface area contributed by atoms with Gasteiger partial charge in [0.15, 0.2) is 0 Å². The minimum atomic E-state index is -3.37. The van der Waals surface area contributed by atoms with Crippen molar-refractivity contribution in [3.8, 4) is 0 Å². The number of carbonyl (C=O) groups excluding carboxylic acids is 1. The quantitative estimate of drug-likeness (QED) is 0.818. The molecule has 0 radical (unpaired) electrons. The lowest BCUT2D eigenvalue weighted by atomic mass is 10.2. The molecule has 1 aromatic rings. The summed E-state index contributed by atoms with van der Waals surface area (Å²) in [5, 5.41) is 0.469. The van der Waals surface area contributed by atoms with E-state index in [-0.39, 0.29) is 11.5 Å². The zero-order chi connectivity index (χ0) is 15.5. The molecule has 1 aromatic carbocycles. The third-order valence-corrected chi connectivity index (χ3v) is 5.66. The molecule has 1 aliphatic heterocycles. The number of ketones is 1. The second-order valence-electron chi connectivity index (χ2n) is 5.22. The molecule has 7 heteroatoms. The third-order valence-electron chi connectivity index (χ3n) is 3.47. The number of nitrogens with zero attached hydrogens (tertiary/aromatic N) is 2. The van der Waals surface area contributed by atoms with Crippen LogP contribution < -0.4 is 0 Å². The van der Waals surface area contributed by atoms with Gasteiger partial charge in [-0.1, -0.05) is 29.8 Å². The molecule has 0 aromatic heterocycles. The monoisotopic (exact) mass is 330 g/mol. The Labute approximate surface area is 130 Å². The first-order valence-corrected chi connectivity index (χ1v) is 8.80. The number of sulfonamides is 1. The lowest BCUT2D eigenvalue weighted by Crippen LogP contribution is -2.49. The van der Waals surface area contributed by atoms with Crippen LogP contribution in [0.2, 0.25) is 5.02 Å². The van der Waals surface area contributed by atoms with Gasteiger partial charge in [-0.2, -0.15) is 4.31 Å². The van der Waals surface area contributed by atoms with Gasteiger partial charge in [0.2, 0.25) is 10.0 Å². The summed E-state index contributed by atoms with van der Waals surface area (Å²) in [4.78, 5) is 13.1. The van der Waals surface area contributed by atoms with E-state index >= 15 is 0 Å². The average molecular weight is 331 g/mol. The van der Waals surface area contributed by atoms with E-state index in [0.717, 1.165) is 0 Å². The Morgan fingerprint density at radius 2 is 1.81 bits per heavy atom. The van der Waals surface area contributed by atoms with Gasteiger partial charge in [0, 0.05) is 31.2 Å². The lowest BCUT2D eigenvalue weighted by molar-refractivity contribution is -0.118. The topological polar surface area (TPSA) is 57.7 Å². The molecule has 0 amide bonds. The van der Waals surface area contributed by atoms with Gasteiger partial charge in [-0.05, 0) is 18.6 Å². The Balaban J connectivity index is 1.99. The van der Waals surface area contributed by atoms with Crippen LogP contribution in [-0.2, 0) is 20.6 Å². The number of hydrogen-bond donors (Lipinski definition) is 0. The highest BCUT2D eigenvalue weighted by Crippen LogP contribution is 2.20. The Bertz CT molecular complexity index is 610. The second-order valence-corrected chi connectivity index (χ2v) is 7.60. The highest BCUT2D eigenvalue weighted by atomic mass is 35.5. The van der Waals surface area contributed by atoms with Crippen molar-refractivity contribution in [2.45, 2.75) is 12.7 Å². The molecule has 0 saturated carbocycles. The Morgan fingerprint density at radius 1 is 1.19 bits per heavy atom. The van der Waals surface area contributed by atoms with Crippen molar-refractivity contribution in [2.24, 2.45) is 0 Å². The summed E-state index contributed by atoms with van der Waals surface area (Å²) >= 11 is 6.02. The number of halogens is 1. The largest absolute Gasteiger partial charge is 0.299 e. The van der Waals surface area contributed by atoms with Crippen LogP contribution in [0.4, 0.5) is 0 Å². The molecule has 2 rings (SSSR count). The van der Waals surface area contributed by atoms with Crippen LogP contribution in [0, 0.1) is 0 Å². The number of carbonyl (C=O) groups is 1. The molecule has 5 nitrogen and oxygen atoms in total. The molecule has 1 heterocycles. The molecule has 0 aliphatic carbocycles. The van der Waals surface area contributed by atoms with Gasteiger partial charge in [0.05, 0.1) is 12.3 Å². The molecule has 0 unspecified atom stereocenters. The fourth-order valence-corrected chi connectivity index (χ4v) is 4.21. The molecule has 116 valence electrons. The Hall–Kier alpha value is -0.950. The molecule has 1 fully saturated rings. The van der Waals surface area contributed by atoms with Crippen LogP contribution in [0.25, 0.3) is 0 Å². The number of Topliss-reactive ketones (excluding diaryl/α,β-unsaturated/α-hetero) is 1. The van der Waals surface area contributed by atoms with Gasteiger partial charge in [-0.3, -0.25) is 9.69 Å². The van der Waals surface area contributed by atoms with E-state index in [0.29, 0.717) is 43.3 Å². The standard InChI is InChI=1S/C14H19ClN2O3S/c1-12(18)10-16-6-8-17(9-7-16)21(19,20)11-13-4-2-3-5-14(13)15/h2-5H,6-11H2,1H3. The van der Waals surface area contributed by atoms with Crippen LogP contribution in [0.5, 0.6) is 0 Å². The summed E-state index contributed by atoms with van der Waals surface area (Å²) in [6, 6.07) is 6.98. The van der Waals surface area contributed by atoms with Gasteiger partial charge in [0.25, 0.3) is 0 Å². The van der Waals surface area contributed by atoms with Crippen molar-refractivity contribution in [3.63, 3.8) is 0 Å². The summed E-state index contributed by atoms with van der Waals surface area (Å²) in [5.41, 5.74) is 0.616. The summed E-state index contributed by atoms with van der Waals surface area (Å²) in [6.45, 7) is 3.93. The predicted octanol–water partition coefficient (Wildman–Crippen LogP) is 1.38. The summed E-state index contributed by atoms with van der Waals surface area (Å²) in [7, 11) is -3.37. The van der Waals surface area contributed by atoms with Crippen molar-refractivity contribution < 1.29 is 13.2 Å². The fraction of sp³-hybridized carbons (Fsp3) is 0.500. The van der Waals surface area contributed by atoms with E-state index in [4.69, 9.17) is 11.6 Å². The Morgan fingerprint density at radius 3 is 2.38 bits per heavy atom. The van der Waals surface area contributed by atoms with Crippen molar-refractivity contribution >= 4 is 27.4 Å². The summed E-state index contributed by atoms with van der Waals surface area (Å²) in [5.74, 6) is 0.0155. The maximum Gasteiger partial charge on any atom is 0.218 e. The van der Waals surface area contributed by atoms with Crippen LogP contribution in [0.3, 0.4) is 0 Å². The first kappa shape index (κ1) is 16.4. The lowest BCUT2D eigenvalue weighted by Gasteiger charge is -2.33. The molecule has 0 bridgehead atoms. The van der Waals surface area contributed by atoms with E-state index in [1.54, 1.807) is 31.2 Å². The minimum absolute atomic E-state index is 0.0839. The predicted molar refractivity (Wildman–Crippen MR) is 82.8 cm³/mol. The van der Waals surface area contributed by atoms with Gasteiger partial charge in [-0.25, -0.2) is 8.42 Å². The van der Waals surface area contributed by atoms with E-state index in [1.165, 1.54) is 4.31 Å². The molecule has 0 N–H and O–H groups in total. The SMILES string of the molecule is CC(=O)CN1CCN(S(=O)(=O)Cc2ccccc2Cl)CC1. The highest BCUT2D eigenvalue weighted by Gasteiger charge is 2.27. The first-order chi connectivity index (χ1) is 9.88. The van der Waals surface area contributed by atoms with E-state index in [9.17, 15) is 13.2 Å². The summed E-state index contributed by atoms with van der Waals surface area (Å²) in [6.07, 6.45) is 0. The number of piperazine rings is 1. The van der Waals surface area contributed by atoms with Crippen LogP contribution in [0.15, 0.2) is 24.3 Å². The summed E-state index contributed by atoms with van der Waals surface area (Å²) < 4.78 is 26.3. The van der Waals surface area contributed by atoms with Gasteiger partial charge >= 0.3 is 0 Å². The zero-order valence-corrected chi connectivity index (χ0v) is 13.5. The van der Waals surface area contributed by atoms with Gasteiger partial charge in [0.1, 0.15) is 5.78 Å². The van der Waals surface area contributed by atoms with Crippen molar-refractivity contribution in [2.75, 3.05) is 32.7 Å². The van der Waals surface area contributed by atoms with Crippen LogP contribution in [-0.4, -0.2) is 56.1 Å². The highest BCUT2D eigenvalue weighted by molar-refractivity contribution is 7.88. The van der Waals surface area contributed by atoms with Crippen molar-refractivity contribution in [1.29, 1.82) is 0 Å². The molecule has 21 heavy (non-hydrogen) atoms. The Kier molecular flexibility index (Phi) is 5.37. The number of hydrogen-bond acceptors (Lipinski definition) is 4. The zero-order valence-electron chi connectivity index (χ0n) is 12.0. The van der Waals surface area contributed by atoms with Crippen molar-refractivity contribution in [1.82, 2.24) is 9.21 Å². The fourth-order valence-electron chi connectivity index (χ4n) is 2.38. The normalized spacial score (nSPS) is 17.8. The minimum Gasteiger partial charge on any atom is -0.299 e. The van der Waals surface area contributed by atoms with E-state index in [1.807, 2.05) is 4.90 Å². The van der Waals surface area contributed by atoms with E-state index < -0.39 is 10.0 Å². The molecule has 0 atom stereocenters.